The first-order chi connectivity index (χ1) is 17.0. The molecule has 6 nitrogen and oxygen atoms in total. The number of nitrogens with one attached hydrogen (secondary N) is 1. The second kappa shape index (κ2) is 9.61. The quantitative estimate of drug-likeness (QED) is 0.247. The number of carbonyl (C=O) groups is 2. The number of hydrogen-bond acceptors (Lipinski definition) is 4. The van der Waals surface area contributed by atoms with Gasteiger partial charge in [-0.3, -0.25) is 9.59 Å². The van der Waals surface area contributed by atoms with E-state index in [1.165, 1.54) is 12.1 Å². The van der Waals surface area contributed by atoms with Gasteiger partial charge in [-0.25, -0.2) is 13.8 Å². The first kappa shape index (κ1) is 24.6. The zero-order valence-electron chi connectivity index (χ0n) is 18.1. The Morgan fingerprint density at radius 3 is 2.44 bits per heavy atom. The highest BCUT2D eigenvalue weighted by Crippen LogP contribution is 2.31. The van der Waals surface area contributed by atoms with Gasteiger partial charge in [0.15, 0.2) is 5.58 Å². The second-order valence-corrected chi connectivity index (χ2v) is 7.64. The van der Waals surface area contributed by atoms with Crippen LogP contribution < -0.4 is 5.32 Å². The van der Waals surface area contributed by atoms with Gasteiger partial charge in [0.2, 0.25) is 11.8 Å². The van der Waals surface area contributed by atoms with Crippen LogP contribution >= 0.6 is 0 Å². The van der Waals surface area contributed by atoms with E-state index in [4.69, 9.17) is 9.52 Å². The molecule has 0 aliphatic heterocycles. The third-order valence-electron chi connectivity index (χ3n) is 5.02. The van der Waals surface area contributed by atoms with E-state index in [2.05, 4.69) is 10.3 Å². The molecule has 4 rings (SSSR count). The molecule has 0 fully saturated rings. The molecule has 0 radical (unpaired) electrons. The van der Waals surface area contributed by atoms with Crippen molar-refractivity contribution in [2.24, 2.45) is 0 Å². The molecule has 36 heavy (non-hydrogen) atoms. The van der Waals surface area contributed by atoms with Gasteiger partial charge in [-0.1, -0.05) is 12.1 Å². The molecule has 0 spiro atoms. The smallest absolute Gasteiger partial charge is 0.416 e. The zero-order chi connectivity index (χ0) is 26.0. The molecule has 1 heterocycles. The average molecular weight is 502 g/mol. The summed E-state index contributed by atoms with van der Waals surface area (Å²) >= 11 is 0. The molecule has 0 atom stereocenters. The van der Waals surface area contributed by atoms with Crippen LogP contribution in [-0.2, 0) is 22.2 Å². The number of benzene rings is 3. The lowest BCUT2D eigenvalue weighted by Gasteiger charge is -2.07. The normalized spacial score (nSPS) is 11.8. The molecule has 0 aliphatic rings. The number of aliphatic carboxylic acids is 1. The van der Waals surface area contributed by atoms with E-state index in [0.717, 1.165) is 24.3 Å². The van der Waals surface area contributed by atoms with Crippen molar-refractivity contribution < 1.29 is 41.1 Å². The Kier molecular flexibility index (Phi) is 6.56. The van der Waals surface area contributed by atoms with Crippen LogP contribution in [-0.4, -0.2) is 22.0 Å². The van der Waals surface area contributed by atoms with E-state index < -0.39 is 35.3 Å². The van der Waals surface area contributed by atoms with Crippen molar-refractivity contribution in [2.45, 2.75) is 12.6 Å². The van der Waals surface area contributed by atoms with Gasteiger partial charge in [0.25, 0.3) is 0 Å². The number of nitrogens with zero attached hydrogens (tertiary/aromatic N) is 1. The Labute approximate surface area is 199 Å². The molecular weight excluding hydrogens is 487 g/mol. The van der Waals surface area contributed by atoms with Crippen molar-refractivity contribution >= 4 is 34.7 Å². The summed E-state index contributed by atoms with van der Waals surface area (Å²) in [6, 6.07) is 10.3. The molecule has 2 N–H and O–H groups in total. The standard InChI is InChI=1S/C25H15F5N2O4/c26-17-12-16(25(28,29)30)5-2-14(17)4-8-22(33)31-19-6-3-15(11-18(19)27)24-32-20-9-13(10-23(34)35)1-7-21(20)36-24/h1-9,11-12H,10H2,(H,31,33)(H,34,35)/b8-4+. The number of carbonyl (C=O) groups excluding carboxylic acids is 1. The van der Waals surface area contributed by atoms with Gasteiger partial charge in [0, 0.05) is 17.2 Å². The molecule has 1 aromatic heterocycles. The fraction of sp³-hybridized carbons (Fsp3) is 0.0800. The molecule has 0 aliphatic carbocycles. The number of carboxylic acid groups (broad SMARTS) is 1. The summed E-state index contributed by atoms with van der Waals surface area (Å²) in [6.07, 6.45) is -3.07. The van der Waals surface area contributed by atoms with Crippen LogP contribution in [0.5, 0.6) is 0 Å². The summed E-state index contributed by atoms with van der Waals surface area (Å²) in [4.78, 5) is 27.2. The molecule has 0 unspecified atom stereocenters. The third-order valence-corrected chi connectivity index (χ3v) is 5.02. The maximum atomic E-state index is 14.6. The molecule has 4 aromatic rings. The Morgan fingerprint density at radius 2 is 1.78 bits per heavy atom. The number of carboxylic acids is 1. The number of rotatable bonds is 6. The number of oxazole rings is 1. The maximum absolute atomic E-state index is 14.6. The van der Waals surface area contributed by atoms with E-state index >= 15 is 0 Å². The van der Waals surface area contributed by atoms with Crippen LogP contribution in [0.25, 0.3) is 28.6 Å². The highest BCUT2D eigenvalue weighted by atomic mass is 19.4. The van der Waals surface area contributed by atoms with Gasteiger partial charge in [-0.2, -0.15) is 13.2 Å². The van der Waals surface area contributed by atoms with Gasteiger partial charge in [-0.15, -0.1) is 0 Å². The van der Waals surface area contributed by atoms with Crippen LogP contribution in [0.2, 0.25) is 0 Å². The Balaban J connectivity index is 1.47. The zero-order valence-corrected chi connectivity index (χ0v) is 18.1. The lowest BCUT2D eigenvalue weighted by molar-refractivity contribution is -0.138. The minimum atomic E-state index is -4.70. The van der Waals surface area contributed by atoms with Crippen LogP contribution in [0.1, 0.15) is 16.7 Å². The van der Waals surface area contributed by atoms with Crippen molar-refractivity contribution in [3.05, 3.63) is 89.0 Å². The van der Waals surface area contributed by atoms with Gasteiger partial charge >= 0.3 is 12.1 Å². The van der Waals surface area contributed by atoms with Crippen LogP contribution in [0.15, 0.2) is 65.1 Å². The van der Waals surface area contributed by atoms with Gasteiger partial charge in [0.05, 0.1) is 17.7 Å². The van der Waals surface area contributed by atoms with Crippen LogP contribution in [0, 0.1) is 11.6 Å². The van der Waals surface area contributed by atoms with E-state index in [1.807, 2.05) is 0 Å². The molecule has 1 amide bonds. The lowest BCUT2D eigenvalue weighted by atomic mass is 10.1. The molecule has 11 heteroatoms. The predicted molar refractivity (Wildman–Crippen MR) is 120 cm³/mol. The highest BCUT2D eigenvalue weighted by molar-refractivity contribution is 6.02. The molecule has 3 aromatic carbocycles. The van der Waals surface area contributed by atoms with Gasteiger partial charge < -0.3 is 14.8 Å². The summed E-state index contributed by atoms with van der Waals surface area (Å²) in [5, 5.41) is 11.2. The monoisotopic (exact) mass is 502 g/mol. The first-order valence-electron chi connectivity index (χ1n) is 10.3. The summed E-state index contributed by atoms with van der Waals surface area (Å²) in [5.41, 5.74) is -0.0899. The third kappa shape index (κ3) is 5.57. The molecular formula is C25H15F5N2O4. The number of aromatic nitrogens is 1. The number of amides is 1. The summed E-state index contributed by atoms with van der Waals surface area (Å²) in [6.45, 7) is 0. The van der Waals surface area contributed by atoms with Crippen molar-refractivity contribution in [3.63, 3.8) is 0 Å². The predicted octanol–water partition coefficient (Wildman–Crippen LogP) is 6.07. The summed E-state index contributed by atoms with van der Waals surface area (Å²) in [5.74, 6) is -3.76. The number of alkyl halides is 3. The number of fused-ring (bicyclic) bond motifs is 1. The van der Waals surface area contributed by atoms with Crippen molar-refractivity contribution in [1.29, 1.82) is 0 Å². The lowest BCUT2D eigenvalue weighted by Crippen LogP contribution is -2.09. The van der Waals surface area contributed by atoms with Gasteiger partial charge in [0.1, 0.15) is 17.2 Å². The SMILES string of the molecule is O=C(O)Cc1ccc2oc(-c3ccc(NC(=O)/C=C/c4ccc(C(F)(F)F)cc4F)c(F)c3)nc2c1. The minimum Gasteiger partial charge on any atom is -0.481 e. The largest absolute Gasteiger partial charge is 0.481 e. The molecule has 184 valence electrons. The van der Waals surface area contributed by atoms with Crippen LogP contribution in [0.3, 0.4) is 0 Å². The van der Waals surface area contributed by atoms with Crippen molar-refractivity contribution in [2.75, 3.05) is 5.32 Å². The topological polar surface area (TPSA) is 92.4 Å². The molecule has 0 saturated carbocycles. The van der Waals surface area contributed by atoms with Crippen molar-refractivity contribution in [3.8, 4) is 11.5 Å². The first-order valence-corrected chi connectivity index (χ1v) is 10.3. The minimum absolute atomic E-state index is 0.0759. The fourth-order valence-electron chi connectivity index (χ4n) is 3.31. The Morgan fingerprint density at radius 1 is 1.00 bits per heavy atom. The molecule has 0 saturated heterocycles. The average Bonchev–Trinajstić information content (AvgIpc) is 3.22. The van der Waals surface area contributed by atoms with E-state index in [9.17, 15) is 31.5 Å². The van der Waals surface area contributed by atoms with E-state index in [1.54, 1.807) is 18.2 Å². The fourth-order valence-corrected chi connectivity index (χ4v) is 3.31. The summed E-state index contributed by atoms with van der Waals surface area (Å²) < 4.78 is 72.0. The van der Waals surface area contributed by atoms with Crippen molar-refractivity contribution in [1.82, 2.24) is 4.98 Å². The maximum Gasteiger partial charge on any atom is 0.416 e. The summed E-state index contributed by atoms with van der Waals surface area (Å²) in [7, 11) is 0. The Bertz CT molecular complexity index is 1510. The highest BCUT2D eigenvalue weighted by Gasteiger charge is 2.31. The second-order valence-electron chi connectivity index (χ2n) is 7.64. The van der Waals surface area contributed by atoms with Crippen LogP contribution in [0.4, 0.5) is 27.6 Å². The Hall–Kier alpha value is -4.54. The molecule has 0 bridgehead atoms. The van der Waals surface area contributed by atoms with E-state index in [0.29, 0.717) is 28.8 Å². The van der Waals surface area contributed by atoms with E-state index in [-0.39, 0.29) is 29.1 Å². The van der Waals surface area contributed by atoms with Gasteiger partial charge in [-0.05, 0) is 54.1 Å². The number of hydrogen-bond donors (Lipinski definition) is 2. The number of anilines is 1. The number of halogens is 5.